The molecule has 7 nitrogen and oxygen atoms in total. The van der Waals surface area contributed by atoms with E-state index in [-0.39, 0.29) is 24.3 Å². The number of carbonyl (C=O) groups excluding carboxylic acids is 1. The van der Waals surface area contributed by atoms with E-state index in [1.165, 1.54) is 6.08 Å². The highest BCUT2D eigenvalue weighted by Gasteiger charge is 2.04. The molecule has 0 spiro atoms. The van der Waals surface area contributed by atoms with Gasteiger partial charge < -0.3 is 16.2 Å². The number of nitrogens with two attached hydrogens (primary N) is 2. The van der Waals surface area contributed by atoms with Gasteiger partial charge in [0.15, 0.2) is 12.4 Å². The highest BCUT2D eigenvalue weighted by atomic mass is 35.5. The number of anilines is 2. The second-order valence-corrected chi connectivity index (χ2v) is 4.40. The predicted molar refractivity (Wildman–Crippen MR) is 78.9 cm³/mol. The van der Waals surface area contributed by atoms with Gasteiger partial charge in [0.05, 0.1) is 0 Å². The van der Waals surface area contributed by atoms with Crippen LogP contribution < -0.4 is 11.5 Å². The molecule has 108 valence electrons. The maximum Gasteiger partial charge on any atom is 0.331 e. The van der Waals surface area contributed by atoms with Crippen molar-refractivity contribution in [2.24, 2.45) is 0 Å². The van der Waals surface area contributed by atoms with Crippen molar-refractivity contribution in [2.45, 2.75) is 6.61 Å². The zero-order chi connectivity index (χ0) is 15.2. The molecule has 4 N–H and O–H groups in total. The maximum atomic E-state index is 11.6. The molecule has 0 atom stereocenters. The number of hydrogen-bond acceptors (Lipinski definition) is 7. The van der Waals surface area contributed by atoms with E-state index in [2.05, 4.69) is 15.0 Å². The molecule has 2 aromatic rings. The van der Waals surface area contributed by atoms with Gasteiger partial charge in [-0.3, -0.25) is 0 Å². The largest absolute Gasteiger partial charge is 0.454 e. The molecule has 2 rings (SSSR count). The summed E-state index contributed by atoms with van der Waals surface area (Å²) in [4.78, 5) is 22.8. The van der Waals surface area contributed by atoms with Gasteiger partial charge in [-0.2, -0.15) is 15.0 Å². The average Bonchev–Trinajstić information content (AvgIpc) is 2.42. The summed E-state index contributed by atoms with van der Waals surface area (Å²) in [5.74, 6) is -0.414. The summed E-state index contributed by atoms with van der Waals surface area (Å²) in [5, 5.41) is 0.585. The standard InChI is InChI=1S/C13H12ClN5O2/c14-9-3-1-2-8(6-9)4-5-11(20)21-7-10-17-12(15)19-13(16)18-10/h1-6H,7H2,(H4,15,16,17,18,19)/b5-4+. The Balaban J connectivity index is 1.93. The first-order valence-corrected chi connectivity index (χ1v) is 6.27. The number of aromatic nitrogens is 3. The third kappa shape index (κ3) is 4.73. The van der Waals surface area contributed by atoms with Crippen LogP contribution in [0.3, 0.4) is 0 Å². The molecule has 0 radical (unpaired) electrons. The molecule has 0 saturated carbocycles. The SMILES string of the molecule is Nc1nc(N)nc(COC(=O)/C=C/c2cccc(Cl)c2)n1. The molecule has 1 aromatic carbocycles. The van der Waals surface area contributed by atoms with Crippen molar-refractivity contribution in [1.29, 1.82) is 0 Å². The van der Waals surface area contributed by atoms with E-state index in [0.717, 1.165) is 5.56 Å². The van der Waals surface area contributed by atoms with Crippen LogP contribution in [0.1, 0.15) is 11.4 Å². The van der Waals surface area contributed by atoms with Gasteiger partial charge in [-0.15, -0.1) is 0 Å². The van der Waals surface area contributed by atoms with Crippen molar-refractivity contribution in [3.8, 4) is 0 Å². The van der Waals surface area contributed by atoms with E-state index in [1.807, 2.05) is 6.07 Å². The van der Waals surface area contributed by atoms with Crippen LogP contribution in [0, 0.1) is 0 Å². The number of rotatable bonds is 4. The van der Waals surface area contributed by atoms with Crippen LogP contribution in [0.4, 0.5) is 11.9 Å². The molecule has 0 aliphatic rings. The highest BCUT2D eigenvalue weighted by molar-refractivity contribution is 6.30. The summed E-state index contributed by atoms with van der Waals surface area (Å²) in [7, 11) is 0. The molecular formula is C13H12ClN5O2. The topological polar surface area (TPSA) is 117 Å². The second kappa shape index (κ2) is 6.67. The monoisotopic (exact) mass is 305 g/mol. The molecular weight excluding hydrogens is 294 g/mol. The maximum absolute atomic E-state index is 11.6. The third-order valence-electron chi connectivity index (χ3n) is 2.32. The average molecular weight is 306 g/mol. The molecule has 1 heterocycles. The first-order valence-electron chi connectivity index (χ1n) is 5.89. The number of carbonyl (C=O) groups is 1. The fourth-order valence-corrected chi connectivity index (χ4v) is 1.68. The lowest BCUT2D eigenvalue weighted by molar-refractivity contribution is -0.139. The lowest BCUT2D eigenvalue weighted by atomic mass is 10.2. The Morgan fingerprint density at radius 3 is 2.62 bits per heavy atom. The summed E-state index contributed by atoms with van der Waals surface area (Å²) in [6.45, 7) is -0.143. The summed E-state index contributed by atoms with van der Waals surface area (Å²) >= 11 is 5.83. The Kier molecular flexibility index (Phi) is 4.68. The van der Waals surface area contributed by atoms with Gasteiger partial charge in [-0.1, -0.05) is 23.7 Å². The van der Waals surface area contributed by atoms with Crippen LogP contribution in [0.5, 0.6) is 0 Å². The van der Waals surface area contributed by atoms with Crippen molar-refractivity contribution in [3.63, 3.8) is 0 Å². The van der Waals surface area contributed by atoms with E-state index in [4.69, 9.17) is 27.8 Å². The van der Waals surface area contributed by atoms with E-state index >= 15 is 0 Å². The Hall–Kier alpha value is -2.67. The van der Waals surface area contributed by atoms with E-state index in [9.17, 15) is 4.79 Å². The van der Waals surface area contributed by atoms with Crippen molar-refractivity contribution in [3.05, 3.63) is 46.8 Å². The normalized spacial score (nSPS) is 10.7. The molecule has 21 heavy (non-hydrogen) atoms. The minimum absolute atomic E-state index is 0.0250. The lowest BCUT2D eigenvalue weighted by Crippen LogP contribution is -2.09. The van der Waals surface area contributed by atoms with Crippen molar-refractivity contribution in [1.82, 2.24) is 15.0 Å². The highest BCUT2D eigenvalue weighted by Crippen LogP contribution is 2.11. The van der Waals surface area contributed by atoms with Gasteiger partial charge in [0.2, 0.25) is 11.9 Å². The molecule has 0 aliphatic carbocycles. The van der Waals surface area contributed by atoms with Crippen LogP contribution in [-0.2, 0) is 16.1 Å². The van der Waals surface area contributed by atoms with Crippen molar-refractivity contribution >= 4 is 35.5 Å². The first kappa shape index (κ1) is 14.7. The van der Waals surface area contributed by atoms with Crippen molar-refractivity contribution in [2.75, 3.05) is 11.5 Å². The number of ether oxygens (including phenoxy) is 1. The Morgan fingerprint density at radius 1 is 1.24 bits per heavy atom. The Labute approximate surface area is 125 Å². The number of esters is 1. The van der Waals surface area contributed by atoms with Crippen LogP contribution in [0.2, 0.25) is 5.02 Å². The van der Waals surface area contributed by atoms with Gasteiger partial charge in [0.1, 0.15) is 0 Å². The molecule has 0 saturated heterocycles. The molecule has 8 heteroatoms. The fourth-order valence-electron chi connectivity index (χ4n) is 1.48. The second-order valence-electron chi connectivity index (χ2n) is 3.96. The van der Waals surface area contributed by atoms with Crippen LogP contribution in [0.15, 0.2) is 30.3 Å². The Bertz CT molecular complexity index is 670. The van der Waals surface area contributed by atoms with Crippen molar-refractivity contribution < 1.29 is 9.53 Å². The zero-order valence-electron chi connectivity index (χ0n) is 10.9. The minimum atomic E-state index is -0.549. The summed E-state index contributed by atoms with van der Waals surface area (Å²) in [5.41, 5.74) is 11.6. The number of nitrogens with zero attached hydrogens (tertiary/aromatic N) is 3. The van der Waals surface area contributed by atoms with Gasteiger partial charge in [-0.05, 0) is 23.8 Å². The molecule has 1 aromatic heterocycles. The lowest BCUT2D eigenvalue weighted by Gasteiger charge is -2.02. The van der Waals surface area contributed by atoms with Crippen LogP contribution >= 0.6 is 11.6 Å². The number of hydrogen-bond donors (Lipinski definition) is 2. The molecule has 0 aliphatic heterocycles. The van der Waals surface area contributed by atoms with Gasteiger partial charge >= 0.3 is 5.97 Å². The van der Waals surface area contributed by atoms with Gasteiger partial charge in [-0.25, -0.2) is 4.79 Å². The number of halogens is 1. The number of nitrogen functional groups attached to an aromatic ring is 2. The smallest absolute Gasteiger partial charge is 0.331 e. The van der Waals surface area contributed by atoms with E-state index < -0.39 is 5.97 Å². The summed E-state index contributed by atoms with van der Waals surface area (Å²) in [6, 6.07) is 7.05. The minimum Gasteiger partial charge on any atom is -0.454 e. The number of benzene rings is 1. The molecule has 0 bridgehead atoms. The molecule has 0 fully saturated rings. The van der Waals surface area contributed by atoms with E-state index in [0.29, 0.717) is 5.02 Å². The summed E-state index contributed by atoms with van der Waals surface area (Å²) < 4.78 is 4.97. The summed E-state index contributed by atoms with van der Waals surface area (Å²) in [6.07, 6.45) is 2.86. The van der Waals surface area contributed by atoms with E-state index in [1.54, 1.807) is 24.3 Å². The first-order chi connectivity index (χ1) is 10.0. The molecule has 0 unspecified atom stereocenters. The third-order valence-corrected chi connectivity index (χ3v) is 2.56. The Morgan fingerprint density at radius 2 is 1.95 bits per heavy atom. The van der Waals surface area contributed by atoms with Crippen LogP contribution in [-0.4, -0.2) is 20.9 Å². The predicted octanol–water partition coefficient (Wildman–Crippen LogP) is 1.45. The quantitative estimate of drug-likeness (QED) is 0.648. The van der Waals surface area contributed by atoms with Gasteiger partial charge in [0, 0.05) is 11.1 Å². The van der Waals surface area contributed by atoms with Gasteiger partial charge in [0.25, 0.3) is 0 Å². The van der Waals surface area contributed by atoms with Crippen LogP contribution in [0.25, 0.3) is 6.08 Å². The fraction of sp³-hybridized carbons (Fsp3) is 0.0769. The molecule has 0 amide bonds. The zero-order valence-corrected chi connectivity index (χ0v) is 11.6.